The molecule has 1 atom stereocenters. The van der Waals surface area contributed by atoms with Crippen LogP contribution in [0.25, 0.3) is 6.08 Å². The quantitative estimate of drug-likeness (QED) is 0.910. The largest absolute Gasteiger partial charge is 0.352 e. The topological polar surface area (TPSA) is 58.5 Å². The van der Waals surface area contributed by atoms with Crippen molar-refractivity contribution in [3.63, 3.8) is 0 Å². The van der Waals surface area contributed by atoms with Crippen LogP contribution in [0.4, 0.5) is 8.78 Å². The molecule has 134 valence electrons. The summed E-state index contributed by atoms with van der Waals surface area (Å²) in [4.78, 5) is 28.4. The Bertz CT molecular complexity index is 995. The minimum absolute atomic E-state index is 0.106. The Morgan fingerprint density at radius 1 is 1.15 bits per heavy atom. The molecule has 0 aromatic heterocycles. The molecule has 6 heteroatoms. The number of fused-ring (bicyclic) bond motifs is 1. The number of nitrogens with one attached hydrogen (secondary N) is 1. The molecule has 0 saturated heterocycles. The van der Waals surface area contributed by atoms with Gasteiger partial charge < -0.3 is 5.32 Å². The molecule has 0 bridgehead atoms. The van der Waals surface area contributed by atoms with Crippen molar-refractivity contribution in [2.24, 2.45) is 10.9 Å². The van der Waals surface area contributed by atoms with Crippen LogP contribution in [0.5, 0.6) is 0 Å². The maximum absolute atomic E-state index is 13.6. The van der Waals surface area contributed by atoms with Gasteiger partial charge in [-0.1, -0.05) is 24.3 Å². The average Bonchev–Trinajstić information content (AvgIpc) is 2.59. The van der Waals surface area contributed by atoms with Gasteiger partial charge in [-0.3, -0.25) is 9.59 Å². The third-order valence-corrected chi connectivity index (χ3v) is 4.58. The van der Waals surface area contributed by atoms with E-state index in [4.69, 9.17) is 0 Å². The lowest BCUT2D eigenvalue weighted by molar-refractivity contribution is -0.120. The van der Waals surface area contributed by atoms with Gasteiger partial charge >= 0.3 is 0 Å². The van der Waals surface area contributed by atoms with E-state index in [0.717, 1.165) is 28.5 Å². The van der Waals surface area contributed by atoms with Gasteiger partial charge in [0.2, 0.25) is 0 Å². The van der Waals surface area contributed by atoms with Gasteiger partial charge in [0.1, 0.15) is 17.2 Å². The van der Waals surface area contributed by atoms with Gasteiger partial charge in [0.25, 0.3) is 11.8 Å². The highest BCUT2D eigenvalue weighted by Gasteiger charge is 2.21. The number of halogens is 2. The summed E-state index contributed by atoms with van der Waals surface area (Å²) in [6, 6.07) is 7.12. The molecular weight excluding hydrogens is 338 g/mol. The summed E-state index contributed by atoms with van der Waals surface area (Å²) in [5.74, 6) is -3.43. The first-order valence-electron chi connectivity index (χ1n) is 8.31. The van der Waals surface area contributed by atoms with Crippen LogP contribution in [-0.2, 0) is 4.79 Å². The number of nitrogens with zero attached hydrogens (tertiary/aromatic N) is 1. The highest BCUT2D eigenvalue weighted by molar-refractivity contribution is 5.94. The lowest BCUT2D eigenvalue weighted by Gasteiger charge is -2.14. The monoisotopic (exact) mass is 356 g/mol. The zero-order valence-electron chi connectivity index (χ0n) is 14.5. The molecule has 2 amide bonds. The second-order valence-corrected chi connectivity index (χ2v) is 6.31. The molecular formula is C20H18F2N2O2. The second-order valence-electron chi connectivity index (χ2n) is 6.31. The minimum atomic E-state index is -0.919. The van der Waals surface area contributed by atoms with Gasteiger partial charge in [0.05, 0.1) is 11.3 Å². The maximum Gasteiger partial charge on any atom is 0.257 e. The number of hydrogen-bond donors (Lipinski definition) is 1. The lowest BCUT2D eigenvalue weighted by Crippen LogP contribution is -2.37. The third kappa shape index (κ3) is 3.40. The Kier molecular flexibility index (Phi) is 4.93. The summed E-state index contributed by atoms with van der Waals surface area (Å²) >= 11 is 0. The standard InChI is InChI=1S/C20H18F2N2O2/c1-11-6-7-13-10-14(19(25)24-18(13)12(11)2)8-9-23-20(26)17-15(21)4-3-5-16(17)22/h3-7,10,14H,8-9H2,1-2H3,(H,23,26). The lowest BCUT2D eigenvalue weighted by atomic mass is 9.98. The van der Waals surface area contributed by atoms with Crippen LogP contribution in [0, 0.1) is 31.4 Å². The number of rotatable bonds is 4. The van der Waals surface area contributed by atoms with Gasteiger partial charge in [-0.2, -0.15) is 0 Å². The summed E-state index contributed by atoms with van der Waals surface area (Å²) in [5.41, 5.74) is 1.41. The van der Waals surface area contributed by atoms with Gasteiger partial charge in [0.15, 0.2) is 0 Å². The molecule has 3 rings (SSSR count). The van der Waals surface area contributed by atoms with Crippen molar-refractivity contribution in [1.29, 1.82) is 0 Å². The number of amides is 2. The Morgan fingerprint density at radius 3 is 2.54 bits per heavy atom. The van der Waals surface area contributed by atoms with E-state index >= 15 is 0 Å². The normalized spacial score (nSPS) is 15.7. The molecule has 1 unspecified atom stereocenters. The first kappa shape index (κ1) is 17.9. The zero-order valence-corrected chi connectivity index (χ0v) is 14.5. The van der Waals surface area contributed by atoms with E-state index < -0.39 is 29.0 Å². The molecule has 1 aliphatic heterocycles. The van der Waals surface area contributed by atoms with E-state index in [2.05, 4.69) is 10.3 Å². The van der Waals surface area contributed by atoms with Crippen LogP contribution in [0.1, 0.15) is 27.9 Å². The van der Waals surface area contributed by atoms with Crippen LogP contribution in [0.2, 0.25) is 0 Å². The number of benzene rings is 2. The van der Waals surface area contributed by atoms with Gasteiger partial charge in [0, 0.05) is 6.54 Å². The van der Waals surface area contributed by atoms with E-state index in [1.54, 1.807) is 0 Å². The van der Waals surface area contributed by atoms with E-state index in [1.165, 1.54) is 6.07 Å². The maximum atomic E-state index is 13.6. The Balaban J connectivity index is 1.71. The number of hydrogen-bond acceptors (Lipinski definition) is 2. The zero-order chi connectivity index (χ0) is 18.8. The van der Waals surface area contributed by atoms with Crippen molar-refractivity contribution in [3.05, 3.63) is 69.2 Å². The minimum Gasteiger partial charge on any atom is -0.352 e. The molecule has 2 aromatic rings. The van der Waals surface area contributed by atoms with E-state index in [-0.39, 0.29) is 12.5 Å². The third-order valence-electron chi connectivity index (χ3n) is 4.58. The van der Waals surface area contributed by atoms with Crippen molar-refractivity contribution >= 4 is 17.9 Å². The molecule has 0 fully saturated rings. The van der Waals surface area contributed by atoms with Crippen LogP contribution >= 0.6 is 0 Å². The van der Waals surface area contributed by atoms with Crippen molar-refractivity contribution in [2.75, 3.05) is 6.54 Å². The van der Waals surface area contributed by atoms with E-state index in [9.17, 15) is 18.4 Å². The molecule has 0 saturated carbocycles. The molecule has 1 N–H and O–H groups in total. The van der Waals surface area contributed by atoms with Crippen molar-refractivity contribution in [3.8, 4) is 0 Å². The highest BCUT2D eigenvalue weighted by Crippen LogP contribution is 2.13. The molecule has 4 nitrogen and oxygen atoms in total. The molecule has 0 aliphatic carbocycles. The fraction of sp³-hybridized carbons (Fsp3) is 0.250. The number of carbonyl (C=O) groups excluding carboxylic acids is 2. The smallest absolute Gasteiger partial charge is 0.257 e. The Labute approximate surface area is 149 Å². The molecule has 2 aromatic carbocycles. The molecule has 0 radical (unpaired) electrons. The van der Waals surface area contributed by atoms with Crippen molar-refractivity contribution in [2.45, 2.75) is 20.3 Å². The van der Waals surface area contributed by atoms with Crippen LogP contribution in [0.15, 0.2) is 35.3 Å². The number of aryl methyl sites for hydroxylation is 1. The van der Waals surface area contributed by atoms with Crippen molar-refractivity contribution < 1.29 is 18.4 Å². The van der Waals surface area contributed by atoms with E-state index in [1.807, 2.05) is 32.1 Å². The summed E-state index contributed by atoms with van der Waals surface area (Å²) in [6.07, 6.45) is 2.13. The van der Waals surface area contributed by atoms with Crippen LogP contribution in [-0.4, -0.2) is 18.4 Å². The SMILES string of the molecule is Cc1ccc2c(c1C)=NC(=O)C(CCNC(=O)c1c(F)cccc1F)C=2. The fourth-order valence-corrected chi connectivity index (χ4v) is 2.94. The molecule has 26 heavy (non-hydrogen) atoms. The Morgan fingerprint density at radius 2 is 1.85 bits per heavy atom. The molecule has 0 spiro atoms. The summed E-state index contributed by atoms with van der Waals surface area (Å²) in [5, 5.41) is 4.02. The van der Waals surface area contributed by atoms with Gasteiger partial charge in [-0.05, 0) is 48.7 Å². The summed E-state index contributed by atoms with van der Waals surface area (Å²) in [6.45, 7) is 3.98. The molecule has 1 aliphatic rings. The van der Waals surface area contributed by atoms with Gasteiger partial charge in [-0.15, -0.1) is 0 Å². The van der Waals surface area contributed by atoms with E-state index in [0.29, 0.717) is 11.8 Å². The number of carbonyl (C=O) groups is 2. The second kappa shape index (κ2) is 7.15. The first-order chi connectivity index (χ1) is 12.4. The summed E-state index contributed by atoms with van der Waals surface area (Å²) < 4.78 is 27.2. The van der Waals surface area contributed by atoms with Crippen LogP contribution < -0.4 is 15.9 Å². The molecule has 1 heterocycles. The average molecular weight is 356 g/mol. The van der Waals surface area contributed by atoms with Gasteiger partial charge in [-0.25, -0.2) is 13.8 Å². The predicted octanol–water partition coefficient (Wildman–Crippen LogP) is 1.96. The summed E-state index contributed by atoms with van der Waals surface area (Å²) in [7, 11) is 0. The Hall–Kier alpha value is -2.89. The van der Waals surface area contributed by atoms with Crippen LogP contribution in [0.3, 0.4) is 0 Å². The van der Waals surface area contributed by atoms with Crippen molar-refractivity contribution in [1.82, 2.24) is 5.32 Å². The predicted molar refractivity (Wildman–Crippen MR) is 93.0 cm³/mol. The first-order valence-corrected chi connectivity index (χ1v) is 8.31. The fourth-order valence-electron chi connectivity index (χ4n) is 2.94. The highest BCUT2D eigenvalue weighted by atomic mass is 19.1.